The van der Waals surface area contributed by atoms with Gasteiger partial charge in [-0.3, -0.25) is 14.7 Å². The van der Waals surface area contributed by atoms with Gasteiger partial charge in [0.2, 0.25) is 0 Å². The van der Waals surface area contributed by atoms with Crippen molar-refractivity contribution in [3.63, 3.8) is 0 Å². The molecule has 0 saturated carbocycles. The molecule has 1 aromatic carbocycles. The molecule has 29 heavy (non-hydrogen) atoms. The van der Waals surface area contributed by atoms with Gasteiger partial charge in [0.1, 0.15) is 6.33 Å². The summed E-state index contributed by atoms with van der Waals surface area (Å²) < 4.78 is 0. The zero-order valence-electron chi connectivity index (χ0n) is 16.2. The van der Waals surface area contributed by atoms with Crippen LogP contribution in [-0.4, -0.2) is 55.8 Å². The van der Waals surface area contributed by atoms with Gasteiger partial charge in [0.25, 0.3) is 5.91 Å². The maximum Gasteiger partial charge on any atom is 0.254 e. The molecule has 2 unspecified atom stereocenters. The Bertz CT molecular complexity index is 963. The minimum atomic E-state index is 0.124. The topological polar surface area (TPSA) is 62.2 Å². The van der Waals surface area contributed by atoms with E-state index in [1.54, 1.807) is 30.9 Å². The third-order valence-corrected chi connectivity index (χ3v) is 6.06. The third-order valence-electron chi connectivity index (χ3n) is 6.06. The van der Waals surface area contributed by atoms with Crippen LogP contribution in [0.25, 0.3) is 11.1 Å². The van der Waals surface area contributed by atoms with Crippen LogP contribution in [0.1, 0.15) is 28.8 Å². The molecule has 0 N–H and O–H groups in total. The van der Waals surface area contributed by atoms with Crippen LogP contribution in [0.2, 0.25) is 0 Å². The molecule has 6 nitrogen and oxygen atoms in total. The van der Waals surface area contributed by atoms with Crippen LogP contribution < -0.4 is 0 Å². The van der Waals surface area contributed by atoms with Crippen molar-refractivity contribution in [1.82, 2.24) is 24.8 Å². The minimum Gasteiger partial charge on any atom is -0.336 e. The van der Waals surface area contributed by atoms with Crippen molar-refractivity contribution >= 4 is 5.91 Å². The molecule has 2 aromatic heterocycles. The van der Waals surface area contributed by atoms with Crippen LogP contribution in [0.3, 0.4) is 0 Å². The van der Waals surface area contributed by atoms with E-state index in [0.29, 0.717) is 12.1 Å². The summed E-state index contributed by atoms with van der Waals surface area (Å²) in [6.07, 6.45) is 10.9. The highest BCUT2D eigenvalue weighted by Crippen LogP contribution is 2.32. The first-order valence-corrected chi connectivity index (χ1v) is 10.1. The number of pyridine rings is 1. The van der Waals surface area contributed by atoms with Gasteiger partial charge < -0.3 is 4.90 Å². The molecular weight excluding hydrogens is 362 g/mol. The number of nitrogens with zero attached hydrogens (tertiary/aromatic N) is 5. The lowest BCUT2D eigenvalue weighted by molar-refractivity contribution is 0.0423. The first-order chi connectivity index (χ1) is 14.3. The highest BCUT2D eigenvalue weighted by Gasteiger charge is 2.41. The smallest absolute Gasteiger partial charge is 0.254 e. The molecule has 2 saturated heterocycles. The van der Waals surface area contributed by atoms with E-state index in [4.69, 9.17) is 0 Å². The average molecular weight is 385 g/mol. The predicted octanol–water partition coefficient (Wildman–Crippen LogP) is 3.03. The summed E-state index contributed by atoms with van der Waals surface area (Å²) in [4.78, 5) is 29.6. The molecule has 2 bridgehead atoms. The normalized spacial score (nSPS) is 21.3. The van der Waals surface area contributed by atoms with Gasteiger partial charge in [-0.05, 0) is 36.1 Å². The average Bonchev–Trinajstić information content (AvgIpc) is 3.01. The molecule has 4 heterocycles. The molecule has 2 fully saturated rings. The van der Waals surface area contributed by atoms with Gasteiger partial charge in [0.05, 0.1) is 0 Å². The molecule has 2 aliphatic rings. The summed E-state index contributed by atoms with van der Waals surface area (Å²) in [5.41, 5.74) is 4.19. The van der Waals surface area contributed by atoms with Gasteiger partial charge in [0, 0.05) is 67.6 Å². The lowest BCUT2D eigenvalue weighted by Gasteiger charge is -2.41. The van der Waals surface area contributed by atoms with Crippen LogP contribution in [0.4, 0.5) is 0 Å². The molecule has 6 heteroatoms. The minimum absolute atomic E-state index is 0.124. The van der Waals surface area contributed by atoms with Crippen molar-refractivity contribution in [2.45, 2.75) is 31.5 Å². The van der Waals surface area contributed by atoms with Gasteiger partial charge >= 0.3 is 0 Å². The lowest BCUT2D eigenvalue weighted by atomic mass is 10.1. The molecule has 2 atom stereocenters. The second-order valence-corrected chi connectivity index (χ2v) is 7.83. The van der Waals surface area contributed by atoms with Gasteiger partial charge in [-0.25, -0.2) is 9.97 Å². The van der Waals surface area contributed by atoms with Crippen molar-refractivity contribution in [3.05, 3.63) is 78.6 Å². The van der Waals surface area contributed by atoms with E-state index in [0.717, 1.165) is 49.2 Å². The Labute approximate surface area is 170 Å². The zero-order chi connectivity index (χ0) is 19.6. The van der Waals surface area contributed by atoms with Crippen molar-refractivity contribution in [2.75, 3.05) is 13.1 Å². The molecule has 0 radical (unpaired) electrons. The lowest BCUT2D eigenvalue weighted by Crippen LogP contribution is -2.54. The standard InChI is InChI=1S/C23H23N5O/c29-23(19-7-9-24-10-8-19)27-14-21-5-6-22(15-27)28(21)13-17-1-3-18(4-2-17)20-11-25-16-26-12-20/h1-4,7-12,16,21-22H,5-6,13-15H2. The number of carbonyl (C=O) groups is 1. The summed E-state index contributed by atoms with van der Waals surface area (Å²) >= 11 is 0. The summed E-state index contributed by atoms with van der Waals surface area (Å²) in [6, 6.07) is 13.1. The van der Waals surface area contributed by atoms with Crippen LogP contribution in [0.15, 0.2) is 67.5 Å². The molecule has 3 aromatic rings. The third kappa shape index (κ3) is 3.63. The number of rotatable bonds is 4. The molecule has 0 spiro atoms. The van der Waals surface area contributed by atoms with Crippen LogP contribution >= 0.6 is 0 Å². The van der Waals surface area contributed by atoms with Crippen LogP contribution in [0, 0.1) is 0 Å². The van der Waals surface area contributed by atoms with Crippen LogP contribution in [0.5, 0.6) is 0 Å². The van der Waals surface area contributed by atoms with E-state index < -0.39 is 0 Å². The Morgan fingerprint density at radius 2 is 1.52 bits per heavy atom. The number of piperazine rings is 1. The number of hydrogen-bond acceptors (Lipinski definition) is 5. The number of likely N-dealkylation sites (tertiary alicyclic amines) is 1. The molecular formula is C23H23N5O. The fourth-order valence-corrected chi connectivity index (χ4v) is 4.55. The van der Waals surface area contributed by atoms with E-state index in [1.807, 2.05) is 17.3 Å². The highest BCUT2D eigenvalue weighted by molar-refractivity contribution is 5.94. The van der Waals surface area contributed by atoms with Crippen molar-refractivity contribution < 1.29 is 4.79 Å². The molecule has 0 aliphatic carbocycles. The predicted molar refractivity (Wildman–Crippen MR) is 110 cm³/mol. The van der Waals surface area contributed by atoms with E-state index in [-0.39, 0.29) is 5.91 Å². The number of carbonyl (C=O) groups excluding carboxylic acids is 1. The fraction of sp³-hybridized carbons (Fsp3) is 0.304. The summed E-state index contributed by atoms with van der Waals surface area (Å²) in [7, 11) is 0. The van der Waals surface area contributed by atoms with Gasteiger partial charge in [0.15, 0.2) is 0 Å². The maximum atomic E-state index is 12.8. The zero-order valence-corrected chi connectivity index (χ0v) is 16.2. The van der Waals surface area contributed by atoms with Crippen molar-refractivity contribution in [1.29, 1.82) is 0 Å². The molecule has 2 aliphatic heterocycles. The Hall–Kier alpha value is -3.12. The maximum absolute atomic E-state index is 12.8. The second-order valence-electron chi connectivity index (χ2n) is 7.83. The monoisotopic (exact) mass is 385 g/mol. The van der Waals surface area contributed by atoms with Gasteiger partial charge in [-0.2, -0.15) is 0 Å². The Balaban J connectivity index is 1.26. The van der Waals surface area contributed by atoms with Gasteiger partial charge in [-0.15, -0.1) is 0 Å². The molecule has 146 valence electrons. The second kappa shape index (κ2) is 7.72. The quantitative estimate of drug-likeness (QED) is 0.691. The number of amides is 1. The summed E-state index contributed by atoms with van der Waals surface area (Å²) in [5.74, 6) is 0.124. The van der Waals surface area contributed by atoms with E-state index in [1.165, 1.54) is 5.56 Å². The number of fused-ring (bicyclic) bond motifs is 2. The fourth-order valence-electron chi connectivity index (χ4n) is 4.55. The number of aromatic nitrogens is 3. The first-order valence-electron chi connectivity index (χ1n) is 10.1. The molecule has 1 amide bonds. The number of hydrogen-bond donors (Lipinski definition) is 0. The molecule has 5 rings (SSSR count). The van der Waals surface area contributed by atoms with Gasteiger partial charge in [-0.1, -0.05) is 24.3 Å². The largest absolute Gasteiger partial charge is 0.336 e. The number of benzene rings is 1. The van der Waals surface area contributed by atoms with E-state index >= 15 is 0 Å². The van der Waals surface area contributed by atoms with E-state index in [2.05, 4.69) is 44.1 Å². The highest BCUT2D eigenvalue weighted by atomic mass is 16.2. The Kier molecular flexibility index (Phi) is 4.77. The first kappa shape index (κ1) is 17.9. The SMILES string of the molecule is O=C(c1ccncc1)N1CC2CCC(C1)N2Cc1ccc(-c2cncnc2)cc1. The Morgan fingerprint density at radius 3 is 2.17 bits per heavy atom. The van der Waals surface area contributed by atoms with Crippen molar-refractivity contribution in [2.24, 2.45) is 0 Å². The van der Waals surface area contributed by atoms with Crippen LogP contribution in [-0.2, 0) is 6.54 Å². The summed E-state index contributed by atoms with van der Waals surface area (Å²) in [6.45, 7) is 2.53. The van der Waals surface area contributed by atoms with Crippen molar-refractivity contribution in [3.8, 4) is 11.1 Å². The summed E-state index contributed by atoms with van der Waals surface area (Å²) in [5, 5.41) is 0. The van der Waals surface area contributed by atoms with E-state index in [9.17, 15) is 4.79 Å². The Morgan fingerprint density at radius 1 is 0.862 bits per heavy atom.